The molecule has 3 aromatic carbocycles. The molecular formula is C24H21N3O4S. The second-order valence-electron chi connectivity index (χ2n) is 7.26. The summed E-state index contributed by atoms with van der Waals surface area (Å²) < 4.78 is 28.0. The minimum Gasteiger partial charge on any atom is -0.337 e. The predicted octanol–water partition coefficient (Wildman–Crippen LogP) is 4.07. The summed E-state index contributed by atoms with van der Waals surface area (Å²) in [5.41, 5.74) is 1.85. The van der Waals surface area contributed by atoms with E-state index in [-0.39, 0.29) is 28.2 Å². The summed E-state index contributed by atoms with van der Waals surface area (Å²) in [4.78, 5) is 24.1. The molecule has 0 fully saturated rings. The highest BCUT2D eigenvalue weighted by atomic mass is 32.2. The average molecular weight is 448 g/mol. The summed E-state index contributed by atoms with van der Waals surface area (Å²) in [6, 6.07) is 22.1. The van der Waals surface area contributed by atoms with E-state index in [1.54, 1.807) is 83.4 Å². The highest BCUT2D eigenvalue weighted by Gasteiger charge is 2.23. The lowest BCUT2D eigenvalue weighted by Crippen LogP contribution is -2.18. The van der Waals surface area contributed by atoms with Crippen LogP contribution in [-0.2, 0) is 26.0 Å². The van der Waals surface area contributed by atoms with E-state index in [9.17, 15) is 18.0 Å². The Morgan fingerprint density at radius 3 is 2.06 bits per heavy atom. The molecule has 0 radical (unpaired) electrons. The van der Waals surface area contributed by atoms with Gasteiger partial charge in [0.05, 0.1) is 9.79 Å². The van der Waals surface area contributed by atoms with Crippen molar-refractivity contribution in [3.05, 3.63) is 85.1 Å². The molecule has 2 amide bonds. The third-order valence-corrected chi connectivity index (χ3v) is 6.70. The number of aromatic nitrogens is 1. The maximum absolute atomic E-state index is 13.2. The van der Waals surface area contributed by atoms with E-state index in [0.29, 0.717) is 22.3 Å². The second kappa shape index (κ2) is 8.68. The lowest BCUT2D eigenvalue weighted by atomic mass is 10.2. The molecule has 7 nitrogen and oxygen atoms in total. The smallest absolute Gasteiger partial charge is 0.244 e. The van der Waals surface area contributed by atoms with Gasteiger partial charge in [-0.2, -0.15) is 0 Å². The van der Waals surface area contributed by atoms with Crippen molar-refractivity contribution in [2.24, 2.45) is 0 Å². The first-order valence-corrected chi connectivity index (χ1v) is 11.4. The van der Waals surface area contributed by atoms with Gasteiger partial charge in [0.15, 0.2) is 0 Å². The fourth-order valence-electron chi connectivity index (χ4n) is 3.48. The van der Waals surface area contributed by atoms with Gasteiger partial charge in [-0.3, -0.25) is 9.59 Å². The second-order valence-corrected chi connectivity index (χ2v) is 9.18. The summed E-state index contributed by atoms with van der Waals surface area (Å²) in [6.07, 6.45) is 1.51. The van der Waals surface area contributed by atoms with Crippen LogP contribution >= 0.6 is 0 Å². The van der Waals surface area contributed by atoms with Crippen LogP contribution in [0.2, 0.25) is 0 Å². The number of sulfone groups is 1. The van der Waals surface area contributed by atoms with E-state index in [2.05, 4.69) is 10.6 Å². The molecule has 162 valence electrons. The Kier molecular flexibility index (Phi) is 5.79. The van der Waals surface area contributed by atoms with Gasteiger partial charge in [0.2, 0.25) is 21.7 Å². The van der Waals surface area contributed by atoms with Gasteiger partial charge < -0.3 is 15.2 Å². The lowest BCUT2D eigenvalue weighted by molar-refractivity contribution is -0.116. The minimum atomic E-state index is -3.74. The van der Waals surface area contributed by atoms with Crippen LogP contribution in [0.1, 0.15) is 6.92 Å². The molecule has 0 saturated heterocycles. The largest absolute Gasteiger partial charge is 0.337 e. The molecule has 0 saturated carbocycles. The molecule has 0 atom stereocenters. The number of anilines is 2. The third kappa shape index (κ3) is 4.40. The van der Waals surface area contributed by atoms with Gasteiger partial charge in [0, 0.05) is 35.4 Å². The van der Waals surface area contributed by atoms with Gasteiger partial charge in [-0.15, -0.1) is 0 Å². The maximum atomic E-state index is 13.2. The van der Waals surface area contributed by atoms with E-state index in [1.807, 2.05) is 0 Å². The van der Waals surface area contributed by atoms with E-state index in [4.69, 9.17) is 0 Å². The number of hydrogen-bond acceptors (Lipinski definition) is 4. The van der Waals surface area contributed by atoms with Crippen molar-refractivity contribution in [2.45, 2.75) is 23.3 Å². The Bertz CT molecular complexity index is 1390. The first kappa shape index (κ1) is 21.3. The first-order chi connectivity index (χ1) is 15.3. The first-order valence-electron chi connectivity index (χ1n) is 9.90. The van der Waals surface area contributed by atoms with Crippen LogP contribution in [0.4, 0.5) is 11.4 Å². The number of amides is 2. The molecule has 0 aliphatic carbocycles. The van der Waals surface area contributed by atoms with Crippen molar-refractivity contribution in [2.75, 3.05) is 10.6 Å². The molecule has 4 rings (SSSR count). The molecule has 1 heterocycles. The third-order valence-electron chi connectivity index (χ3n) is 4.90. The Balaban J connectivity index is 1.60. The summed E-state index contributed by atoms with van der Waals surface area (Å²) in [6.45, 7) is 1.36. The Morgan fingerprint density at radius 2 is 1.41 bits per heavy atom. The van der Waals surface area contributed by atoms with Gasteiger partial charge in [-0.05, 0) is 42.5 Å². The van der Waals surface area contributed by atoms with Crippen molar-refractivity contribution < 1.29 is 18.0 Å². The molecule has 4 aromatic rings. The van der Waals surface area contributed by atoms with Crippen LogP contribution in [0, 0.1) is 0 Å². The van der Waals surface area contributed by atoms with Crippen LogP contribution in [0.5, 0.6) is 0 Å². The fraction of sp³-hybridized carbons (Fsp3) is 0.0833. The van der Waals surface area contributed by atoms with Crippen LogP contribution < -0.4 is 10.6 Å². The zero-order chi connectivity index (χ0) is 22.7. The lowest BCUT2D eigenvalue weighted by Gasteiger charge is -2.08. The molecule has 32 heavy (non-hydrogen) atoms. The zero-order valence-corrected chi connectivity index (χ0v) is 18.1. The van der Waals surface area contributed by atoms with Gasteiger partial charge in [0.1, 0.15) is 6.54 Å². The van der Waals surface area contributed by atoms with Crippen LogP contribution in [0.3, 0.4) is 0 Å². The number of carbonyl (C=O) groups is 2. The molecule has 0 spiro atoms. The van der Waals surface area contributed by atoms with Crippen molar-refractivity contribution in [3.63, 3.8) is 0 Å². The maximum Gasteiger partial charge on any atom is 0.244 e. The molecule has 0 unspecified atom stereocenters. The monoisotopic (exact) mass is 447 g/mol. The van der Waals surface area contributed by atoms with E-state index < -0.39 is 9.84 Å². The molecule has 0 aliphatic heterocycles. The summed E-state index contributed by atoms with van der Waals surface area (Å²) >= 11 is 0. The molecule has 2 N–H and O–H groups in total. The zero-order valence-electron chi connectivity index (χ0n) is 17.3. The van der Waals surface area contributed by atoms with Gasteiger partial charge >= 0.3 is 0 Å². The van der Waals surface area contributed by atoms with E-state index in [0.717, 1.165) is 0 Å². The van der Waals surface area contributed by atoms with Crippen molar-refractivity contribution in [1.82, 2.24) is 4.57 Å². The molecule has 1 aromatic heterocycles. The van der Waals surface area contributed by atoms with Crippen LogP contribution in [0.25, 0.3) is 10.9 Å². The number of carbonyl (C=O) groups excluding carboxylic acids is 2. The number of para-hydroxylation sites is 1. The van der Waals surface area contributed by atoms with Crippen LogP contribution in [0.15, 0.2) is 94.9 Å². The van der Waals surface area contributed by atoms with E-state index >= 15 is 0 Å². The molecular weight excluding hydrogens is 426 g/mol. The number of nitrogens with one attached hydrogen (secondary N) is 2. The van der Waals surface area contributed by atoms with Gasteiger partial charge in [-0.1, -0.05) is 36.4 Å². The van der Waals surface area contributed by atoms with Crippen molar-refractivity contribution in [1.29, 1.82) is 0 Å². The Morgan fingerprint density at radius 1 is 0.812 bits per heavy atom. The predicted molar refractivity (Wildman–Crippen MR) is 123 cm³/mol. The number of benzene rings is 3. The standard InChI is InChI=1S/C24H21N3O4S/c1-17(28)25-18-11-13-19(14-12-18)26-24(29)16-27-15-23(21-9-5-6-10-22(21)27)32(30,31)20-7-3-2-4-8-20/h2-15H,16H2,1H3,(H,25,28)(H,26,29). The molecule has 0 bridgehead atoms. The fourth-order valence-corrected chi connectivity index (χ4v) is 4.98. The summed E-state index contributed by atoms with van der Waals surface area (Å²) in [5, 5.41) is 6.02. The summed E-state index contributed by atoms with van der Waals surface area (Å²) in [7, 11) is -3.74. The van der Waals surface area contributed by atoms with Gasteiger partial charge in [0.25, 0.3) is 0 Å². The Hall–Kier alpha value is -3.91. The average Bonchev–Trinajstić information content (AvgIpc) is 3.14. The quantitative estimate of drug-likeness (QED) is 0.466. The SMILES string of the molecule is CC(=O)Nc1ccc(NC(=O)Cn2cc(S(=O)(=O)c3ccccc3)c3ccccc32)cc1. The Labute approximate surface area is 185 Å². The highest BCUT2D eigenvalue weighted by Crippen LogP contribution is 2.30. The normalized spacial score (nSPS) is 11.3. The minimum absolute atomic E-state index is 0.0573. The number of rotatable bonds is 6. The molecule has 8 heteroatoms. The van der Waals surface area contributed by atoms with Crippen molar-refractivity contribution in [3.8, 4) is 0 Å². The highest BCUT2D eigenvalue weighted by molar-refractivity contribution is 7.91. The number of hydrogen-bond donors (Lipinski definition) is 2. The van der Waals surface area contributed by atoms with E-state index in [1.165, 1.54) is 13.1 Å². The summed E-state index contributed by atoms with van der Waals surface area (Å²) in [5.74, 6) is -0.482. The molecule has 0 aliphatic rings. The number of nitrogens with zero attached hydrogens (tertiary/aromatic N) is 1. The topological polar surface area (TPSA) is 97.3 Å². The van der Waals surface area contributed by atoms with Gasteiger partial charge in [-0.25, -0.2) is 8.42 Å². The number of fused-ring (bicyclic) bond motifs is 1. The van der Waals surface area contributed by atoms with Crippen molar-refractivity contribution >= 4 is 43.9 Å². The van der Waals surface area contributed by atoms with Crippen LogP contribution in [-0.4, -0.2) is 24.8 Å².